The van der Waals surface area contributed by atoms with E-state index in [1.165, 1.54) is 11.1 Å². The van der Waals surface area contributed by atoms with Gasteiger partial charge in [0.05, 0.1) is 5.92 Å². The van der Waals surface area contributed by atoms with E-state index in [1.807, 2.05) is 13.8 Å². The van der Waals surface area contributed by atoms with Crippen LogP contribution < -0.4 is 5.32 Å². The van der Waals surface area contributed by atoms with E-state index in [1.54, 1.807) is 0 Å². The molecule has 1 saturated carbocycles. The topological polar surface area (TPSA) is 75.1 Å². The monoisotopic (exact) mass is 367 g/mol. The first kappa shape index (κ1) is 19.3. The van der Waals surface area contributed by atoms with Crippen molar-refractivity contribution >= 4 is 11.8 Å². The molecule has 144 valence electrons. The first-order chi connectivity index (χ1) is 12.9. The summed E-state index contributed by atoms with van der Waals surface area (Å²) < 4.78 is 0. The smallest absolute Gasteiger partial charge is 0.306 e. The Morgan fingerprint density at radius 2 is 1.81 bits per heavy atom. The first-order valence-corrected chi connectivity index (χ1v) is 9.80. The lowest BCUT2D eigenvalue weighted by Gasteiger charge is -2.29. The van der Waals surface area contributed by atoms with E-state index in [4.69, 9.17) is 0 Å². The molecular formula is C22H29N3O2. The maximum atomic E-state index is 11.6. The minimum absolute atomic E-state index is 0.152. The second-order valence-corrected chi connectivity index (χ2v) is 7.72. The molecule has 2 aromatic rings. The normalized spacial score (nSPS) is 19.7. The third-order valence-corrected chi connectivity index (χ3v) is 5.59. The highest BCUT2D eigenvalue weighted by atomic mass is 16.4. The average Bonchev–Trinajstić information content (AvgIpc) is 2.64. The van der Waals surface area contributed by atoms with Crippen LogP contribution in [0.5, 0.6) is 0 Å². The Morgan fingerprint density at radius 3 is 2.52 bits per heavy atom. The predicted octanol–water partition coefficient (Wildman–Crippen LogP) is 4.30. The number of hydrogen-bond acceptors (Lipinski definition) is 4. The highest BCUT2D eigenvalue weighted by Gasteiger charge is 2.30. The predicted molar refractivity (Wildman–Crippen MR) is 107 cm³/mol. The lowest BCUT2D eigenvalue weighted by molar-refractivity contribution is -0.144. The lowest BCUT2D eigenvalue weighted by atomic mass is 9.79. The third kappa shape index (κ3) is 4.85. The number of rotatable bonds is 6. The van der Waals surface area contributed by atoms with Gasteiger partial charge in [0.2, 0.25) is 0 Å². The van der Waals surface area contributed by atoms with Crippen molar-refractivity contribution in [2.24, 2.45) is 11.8 Å². The zero-order chi connectivity index (χ0) is 19.4. The van der Waals surface area contributed by atoms with Crippen LogP contribution in [-0.4, -0.2) is 27.6 Å². The van der Waals surface area contributed by atoms with E-state index in [9.17, 15) is 9.90 Å². The maximum Gasteiger partial charge on any atom is 0.306 e. The summed E-state index contributed by atoms with van der Waals surface area (Å²) in [5.74, 6) is 0.808. The number of aliphatic carboxylic acids is 1. The van der Waals surface area contributed by atoms with Gasteiger partial charge in [0.15, 0.2) is 0 Å². The molecule has 5 nitrogen and oxygen atoms in total. The van der Waals surface area contributed by atoms with Gasteiger partial charge in [0.25, 0.3) is 0 Å². The molecule has 27 heavy (non-hydrogen) atoms. The molecular weight excluding hydrogens is 338 g/mol. The molecule has 1 aliphatic carbocycles. The fourth-order valence-corrected chi connectivity index (χ4v) is 4.01. The molecule has 1 heterocycles. The Bertz CT molecular complexity index is 802. The van der Waals surface area contributed by atoms with Gasteiger partial charge in [-0.05, 0) is 45.1 Å². The molecule has 0 unspecified atom stereocenters. The number of nitrogens with zero attached hydrogens (tertiary/aromatic N) is 2. The maximum absolute atomic E-state index is 11.6. The molecule has 1 aliphatic rings. The molecule has 1 aromatic heterocycles. The minimum Gasteiger partial charge on any atom is -0.481 e. The summed E-state index contributed by atoms with van der Waals surface area (Å²) in [7, 11) is 0. The number of carbonyl (C=O) groups is 1. The number of carboxylic acid groups (broad SMARTS) is 1. The Morgan fingerprint density at radius 1 is 1.11 bits per heavy atom. The van der Waals surface area contributed by atoms with Gasteiger partial charge < -0.3 is 10.4 Å². The highest BCUT2D eigenvalue weighted by Crippen LogP contribution is 2.31. The molecule has 1 fully saturated rings. The lowest BCUT2D eigenvalue weighted by Crippen LogP contribution is -2.32. The van der Waals surface area contributed by atoms with Crippen molar-refractivity contribution in [1.29, 1.82) is 0 Å². The molecule has 3 rings (SSSR count). The molecule has 2 N–H and O–H groups in total. The van der Waals surface area contributed by atoms with Gasteiger partial charge in [0.1, 0.15) is 11.6 Å². The second kappa shape index (κ2) is 8.51. The van der Waals surface area contributed by atoms with Crippen LogP contribution in [0.3, 0.4) is 0 Å². The Balaban J connectivity index is 1.79. The van der Waals surface area contributed by atoms with E-state index in [-0.39, 0.29) is 11.8 Å². The van der Waals surface area contributed by atoms with Crippen LogP contribution in [0.15, 0.2) is 24.3 Å². The Labute approximate surface area is 161 Å². The van der Waals surface area contributed by atoms with Crippen LogP contribution in [0.25, 0.3) is 0 Å². The summed E-state index contributed by atoms with van der Waals surface area (Å²) in [5, 5.41) is 13.0. The fourth-order valence-electron chi connectivity index (χ4n) is 4.01. The molecule has 0 spiro atoms. The van der Waals surface area contributed by atoms with Gasteiger partial charge in [-0.15, -0.1) is 0 Å². The van der Waals surface area contributed by atoms with Gasteiger partial charge in [0, 0.05) is 24.2 Å². The molecule has 1 aromatic carbocycles. The van der Waals surface area contributed by atoms with Gasteiger partial charge in [-0.2, -0.15) is 0 Å². The number of carboxylic acids is 1. The van der Waals surface area contributed by atoms with E-state index in [2.05, 4.69) is 46.5 Å². The summed E-state index contributed by atoms with van der Waals surface area (Å²) in [4.78, 5) is 20.7. The van der Waals surface area contributed by atoms with E-state index in [0.717, 1.165) is 55.0 Å². The van der Waals surface area contributed by atoms with Crippen LogP contribution >= 0.6 is 0 Å². The van der Waals surface area contributed by atoms with Gasteiger partial charge in [-0.3, -0.25) is 4.79 Å². The van der Waals surface area contributed by atoms with Crippen molar-refractivity contribution in [3.63, 3.8) is 0 Å². The number of aryl methyl sites for hydroxylation is 3. The highest BCUT2D eigenvalue weighted by molar-refractivity contribution is 5.70. The SMILES string of the molecule is Cc1ccc(Cc2c(C)nc(C)nc2NC[C@@H]2CCCC[C@@H]2C(=O)O)cc1. The van der Waals surface area contributed by atoms with Crippen molar-refractivity contribution in [3.8, 4) is 0 Å². The number of aromatic nitrogens is 2. The Kier molecular flexibility index (Phi) is 6.09. The molecule has 0 aliphatic heterocycles. The quantitative estimate of drug-likeness (QED) is 0.796. The molecule has 5 heteroatoms. The van der Waals surface area contributed by atoms with E-state index >= 15 is 0 Å². The van der Waals surface area contributed by atoms with Gasteiger partial charge >= 0.3 is 5.97 Å². The molecule has 0 radical (unpaired) electrons. The third-order valence-electron chi connectivity index (χ3n) is 5.59. The molecule has 0 amide bonds. The summed E-state index contributed by atoms with van der Waals surface area (Å²) in [6.07, 6.45) is 4.62. The largest absolute Gasteiger partial charge is 0.481 e. The summed E-state index contributed by atoms with van der Waals surface area (Å²) in [5.41, 5.74) is 4.53. The Hall–Kier alpha value is -2.43. The number of benzene rings is 1. The molecule has 2 atom stereocenters. The summed E-state index contributed by atoms with van der Waals surface area (Å²) in [6.45, 7) is 6.65. The molecule has 0 bridgehead atoms. The van der Waals surface area contributed by atoms with E-state index < -0.39 is 5.97 Å². The number of anilines is 1. The van der Waals surface area contributed by atoms with Crippen LogP contribution in [0.4, 0.5) is 5.82 Å². The zero-order valence-corrected chi connectivity index (χ0v) is 16.5. The van der Waals surface area contributed by atoms with E-state index in [0.29, 0.717) is 6.54 Å². The fraction of sp³-hybridized carbons (Fsp3) is 0.500. The van der Waals surface area contributed by atoms with Crippen molar-refractivity contribution in [3.05, 3.63) is 52.5 Å². The van der Waals surface area contributed by atoms with Crippen LogP contribution in [0.1, 0.15) is 53.9 Å². The average molecular weight is 367 g/mol. The summed E-state index contributed by atoms with van der Waals surface area (Å²) >= 11 is 0. The van der Waals surface area contributed by atoms with Crippen molar-refractivity contribution in [2.75, 3.05) is 11.9 Å². The van der Waals surface area contributed by atoms with Crippen LogP contribution in [-0.2, 0) is 11.2 Å². The first-order valence-electron chi connectivity index (χ1n) is 9.80. The standard InChI is InChI=1S/C22H29N3O2/c1-14-8-10-17(11-9-14)12-20-15(2)24-16(3)25-21(20)23-13-18-6-4-5-7-19(18)22(26)27/h8-11,18-19H,4-7,12-13H2,1-3H3,(H,26,27)(H,23,24,25)/t18-,19-/m0/s1. The number of hydrogen-bond donors (Lipinski definition) is 2. The van der Waals surface area contributed by atoms with Gasteiger partial charge in [-0.1, -0.05) is 42.7 Å². The zero-order valence-electron chi connectivity index (χ0n) is 16.5. The summed E-state index contributed by atoms with van der Waals surface area (Å²) in [6, 6.07) is 8.51. The van der Waals surface area contributed by atoms with Crippen LogP contribution in [0, 0.1) is 32.6 Å². The number of nitrogens with one attached hydrogen (secondary N) is 1. The van der Waals surface area contributed by atoms with Crippen LogP contribution in [0.2, 0.25) is 0 Å². The van der Waals surface area contributed by atoms with Crippen molar-refractivity contribution in [2.45, 2.75) is 52.9 Å². The second-order valence-electron chi connectivity index (χ2n) is 7.72. The molecule has 0 saturated heterocycles. The van der Waals surface area contributed by atoms with Crippen molar-refractivity contribution < 1.29 is 9.90 Å². The van der Waals surface area contributed by atoms with Gasteiger partial charge in [-0.25, -0.2) is 9.97 Å². The van der Waals surface area contributed by atoms with Crippen molar-refractivity contribution in [1.82, 2.24) is 9.97 Å². The minimum atomic E-state index is -0.670.